The molecule has 1 aromatic carbocycles. The first-order valence-electron chi connectivity index (χ1n) is 5.89. The molecule has 0 aliphatic heterocycles. The number of nitrogens with one attached hydrogen (secondary N) is 1. The van der Waals surface area contributed by atoms with E-state index in [0.717, 1.165) is 35.0 Å². The Labute approximate surface area is 111 Å². The van der Waals surface area contributed by atoms with Crippen LogP contribution in [0.3, 0.4) is 0 Å². The summed E-state index contributed by atoms with van der Waals surface area (Å²) in [5.74, 6) is 0.0633. The number of carbonyl (C=O) groups excluding carboxylic acids is 1. The summed E-state index contributed by atoms with van der Waals surface area (Å²) in [4.78, 5) is 11.7. The van der Waals surface area contributed by atoms with E-state index in [4.69, 9.17) is 5.73 Å². The number of benzene rings is 1. The zero-order chi connectivity index (χ0) is 12.7. The molecule has 0 saturated carbocycles. The van der Waals surface area contributed by atoms with Gasteiger partial charge < -0.3 is 11.1 Å². The highest BCUT2D eigenvalue weighted by Crippen LogP contribution is 2.23. The van der Waals surface area contributed by atoms with Gasteiger partial charge in [-0.05, 0) is 59.9 Å². The molecule has 4 heteroatoms. The second-order valence-electron chi connectivity index (χ2n) is 4.13. The first-order chi connectivity index (χ1) is 8.13. The van der Waals surface area contributed by atoms with Gasteiger partial charge in [0.15, 0.2) is 0 Å². The summed E-state index contributed by atoms with van der Waals surface area (Å²) >= 11 is 3.42. The molecule has 0 fully saturated rings. The van der Waals surface area contributed by atoms with Crippen molar-refractivity contribution >= 4 is 27.5 Å². The van der Waals surface area contributed by atoms with E-state index in [-0.39, 0.29) is 5.91 Å². The predicted octanol–water partition coefficient (Wildman–Crippen LogP) is 3.22. The number of halogens is 1. The maximum absolute atomic E-state index is 11.7. The summed E-state index contributed by atoms with van der Waals surface area (Å²) in [6.07, 6.45) is 3.45. The lowest BCUT2D eigenvalue weighted by molar-refractivity contribution is -0.116. The summed E-state index contributed by atoms with van der Waals surface area (Å²) in [6.45, 7) is 2.70. The Bertz CT molecular complexity index is 380. The minimum Gasteiger partial charge on any atom is -0.330 e. The van der Waals surface area contributed by atoms with E-state index < -0.39 is 0 Å². The largest absolute Gasteiger partial charge is 0.330 e. The number of hydrogen-bond acceptors (Lipinski definition) is 2. The fourth-order valence-corrected chi connectivity index (χ4v) is 1.90. The Morgan fingerprint density at radius 2 is 2.12 bits per heavy atom. The van der Waals surface area contributed by atoms with Crippen LogP contribution in [0.15, 0.2) is 22.7 Å². The number of amides is 1. The monoisotopic (exact) mass is 298 g/mol. The molecule has 3 nitrogen and oxygen atoms in total. The average Bonchev–Trinajstić information content (AvgIpc) is 2.29. The van der Waals surface area contributed by atoms with E-state index in [1.165, 1.54) is 0 Å². The van der Waals surface area contributed by atoms with Crippen LogP contribution in [0.5, 0.6) is 0 Å². The smallest absolute Gasteiger partial charge is 0.224 e. The molecule has 0 atom stereocenters. The van der Waals surface area contributed by atoms with Gasteiger partial charge in [0.2, 0.25) is 5.91 Å². The minimum atomic E-state index is 0.0633. The number of aryl methyl sites for hydroxylation is 1. The second kappa shape index (κ2) is 7.45. The van der Waals surface area contributed by atoms with Crippen molar-refractivity contribution in [2.45, 2.75) is 32.6 Å². The summed E-state index contributed by atoms with van der Waals surface area (Å²) in [5, 5.41) is 2.91. The van der Waals surface area contributed by atoms with Crippen molar-refractivity contribution in [1.29, 1.82) is 0 Å². The van der Waals surface area contributed by atoms with Crippen molar-refractivity contribution in [2.75, 3.05) is 11.9 Å². The Morgan fingerprint density at radius 1 is 1.35 bits per heavy atom. The molecule has 0 aliphatic carbocycles. The van der Waals surface area contributed by atoms with Crippen LogP contribution in [0.25, 0.3) is 0 Å². The van der Waals surface area contributed by atoms with E-state index in [9.17, 15) is 4.79 Å². The summed E-state index contributed by atoms with van der Waals surface area (Å²) in [6, 6.07) is 5.90. The molecular weight excluding hydrogens is 280 g/mol. The van der Waals surface area contributed by atoms with Crippen molar-refractivity contribution in [3.63, 3.8) is 0 Å². The zero-order valence-corrected chi connectivity index (χ0v) is 11.7. The van der Waals surface area contributed by atoms with Crippen LogP contribution < -0.4 is 11.1 Å². The number of hydrogen-bond donors (Lipinski definition) is 2. The lowest BCUT2D eigenvalue weighted by Gasteiger charge is -2.08. The molecule has 0 aliphatic rings. The molecule has 0 aromatic heterocycles. The van der Waals surface area contributed by atoms with Gasteiger partial charge in [-0.3, -0.25) is 4.79 Å². The van der Waals surface area contributed by atoms with Crippen LogP contribution >= 0.6 is 15.9 Å². The van der Waals surface area contributed by atoms with E-state index >= 15 is 0 Å². The van der Waals surface area contributed by atoms with Gasteiger partial charge in [-0.1, -0.05) is 12.5 Å². The van der Waals surface area contributed by atoms with Crippen molar-refractivity contribution in [2.24, 2.45) is 5.73 Å². The third-order valence-electron chi connectivity index (χ3n) is 2.50. The van der Waals surface area contributed by atoms with Crippen LogP contribution in [-0.2, 0) is 4.79 Å². The van der Waals surface area contributed by atoms with Crippen LogP contribution in [0.2, 0.25) is 0 Å². The van der Waals surface area contributed by atoms with Crippen molar-refractivity contribution in [3.05, 3.63) is 28.2 Å². The van der Waals surface area contributed by atoms with Gasteiger partial charge in [-0.15, -0.1) is 0 Å². The highest BCUT2D eigenvalue weighted by molar-refractivity contribution is 9.10. The molecular formula is C13H19BrN2O. The molecule has 17 heavy (non-hydrogen) atoms. The van der Waals surface area contributed by atoms with Crippen molar-refractivity contribution < 1.29 is 4.79 Å². The number of unbranched alkanes of at least 4 members (excludes halogenated alkanes) is 2. The third kappa shape index (κ3) is 5.33. The Morgan fingerprint density at radius 3 is 2.82 bits per heavy atom. The first kappa shape index (κ1) is 14.2. The topological polar surface area (TPSA) is 55.1 Å². The lowest BCUT2D eigenvalue weighted by atomic mass is 10.2. The minimum absolute atomic E-state index is 0.0633. The molecule has 94 valence electrons. The van der Waals surface area contributed by atoms with Gasteiger partial charge >= 0.3 is 0 Å². The van der Waals surface area contributed by atoms with Crippen molar-refractivity contribution in [1.82, 2.24) is 0 Å². The Balaban J connectivity index is 2.42. The van der Waals surface area contributed by atoms with Gasteiger partial charge in [0.25, 0.3) is 0 Å². The first-order valence-corrected chi connectivity index (χ1v) is 6.69. The Kier molecular flexibility index (Phi) is 6.22. The molecule has 0 saturated heterocycles. The zero-order valence-electron chi connectivity index (χ0n) is 10.1. The summed E-state index contributed by atoms with van der Waals surface area (Å²) in [7, 11) is 0. The van der Waals surface area contributed by atoms with Crippen LogP contribution in [0, 0.1) is 6.92 Å². The third-order valence-corrected chi connectivity index (χ3v) is 3.20. The summed E-state index contributed by atoms with van der Waals surface area (Å²) in [5.41, 5.74) is 7.37. The van der Waals surface area contributed by atoms with E-state index in [2.05, 4.69) is 21.2 Å². The van der Waals surface area contributed by atoms with E-state index in [0.29, 0.717) is 13.0 Å². The van der Waals surface area contributed by atoms with E-state index in [1.807, 2.05) is 25.1 Å². The van der Waals surface area contributed by atoms with Gasteiger partial charge in [-0.25, -0.2) is 0 Å². The van der Waals surface area contributed by atoms with Gasteiger partial charge in [-0.2, -0.15) is 0 Å². The van der Waals surface area contributed by atoms with Gasteiger partial charge in [0, 0.05) is 10.9 Å². The number of rotatable bonds is 6. The second-order valence-corrected chi connectivity index (χ2v) is 4.99. The van der Waals surface area contributed by atoms with E-state index in [1.54, 1.807) is 0 Å². The molecule has 0 radical (unpaired) electrons. The normalized spacial score (nSPS) is 10.3. The molecule has 0 unspecified atom stereocenters. The maximum atomic E-state index is 11.7. The SMILES string of the molecule is Cc1ccc(Br)c(NC(=O)CCCCCN)c1. The Hall–Kier alpha value is -0.870. The predicted molar refractivity (Wildman–Crippen MR) is 75.0 cm³/mol. The molecule has 1 aromatic rings. The summed E-state index contributed by atoms with van der Waals surface area (Å²) < 4.78 is 0.915. The fraction of sp³-hybridized carbons (Fsp3) is 0.462. The van der Waals surface area contributed by atoms with Crippen LogP contribution in [-0.4, -0.2) is 12.5 Å². The number of anilines is 1. The van der Waals surface area contributed by atoms with Gasteiger partial charge in [0.05, 0.1) is 5.69 Å². The molecule has 3 N–H and O–H groups in total. The van der Waals surface area contributed by atoms with Crippen LogP contribution in [0.4, 0.5) is 5.69 Å². The number of nitrogens with two attached hydrogens (primary N) is 1. The van der Waals surface area contributed by atoms with Crippen LogP contribution in [0.1, 0.15) is 31.2 Å². The molecule has 0 heterocycles. The average molecular weight is 299 g/mol. The quantitative estimate of drug-likeness (QED) is 0.792. The lowest BCUT2D eigenvalue weighted by Crippen LogP contribution is -2.12. The molecule has 0 bridgehead atoms. The molecule has 1 rings (SSSR count). The highest BCUT2D eigenvalue weighted by Gasteiger charge is 2.05. The standard InChI is InChI=1S/C13H19BrN2O/c1-10-6-7-11(14)12(9-10)16-13(17)5-3-2-4-8-15/h6-7,9H,2-5,8,15H2,1H3,(H,16,17). The van der Waals surface area contributed by atoms with Crippen molar-refractivity contribution in [3.8, 4) is 0 Å². The molecule has 1 amide bonds. The molecule has 0 spiro atoms. The van der Waals surface area contributed by atoms with Gasteiger partial charge in [0.1, 0.15) is 0 Å². The maximum Gasteiger partial charge on any atom is 0.224 e. The fourth-order valence-electron chi connectivity index (χ4n) is 1.55. The highest BCUT2D eigenvalue weighted by atomic mass is 79.9. The number of carbonyl (C=O) groups is 1.